The molecule has 0 saturated heterocycles. The molecular formula is C16H23BrFN. The fourth-order valence-corrected chi connectivity index (χ4v) is 3.72. The van der Waals surface area contributed by atoms with E-state index in [4.69, 9.17) is 0 Å². The fraction of sp³-hybridized carbons (Fsp3) is 0.625. The van der Waals surface area contributed by atoms with E-state index >= 15 is 0 Å². The van der Waals surface area contributed by atoms with Crippen LogP contribution in [-0.2, 0) is 6.42 Å². The molecule has 0 aliphatic heterocycles. The van der Waals surface area contributed by atoms with Gasteiger partial charge in [-0.1, -0.05) is 42.3 Å². The maximum atomic E-state index is 13.1. The zero-order valence-corrected chi connectivity index (χ0v) is 13.3. The van der Waals surface area contributed by atoms with Crippen LogP contribution in [0.5, 0.6) is 0 Å². The van der Waals surface area contributed by atoms with Gasteiger partial charge < -0.3 is 5.32 Å². The molecule has 106 valence electrons. The first-order chi connectivity index (χ1) is 9.10. The Bertz CT molecular complexity index is 421. The third-order valence-electron chi connectivity index (χ3n) is 4.23. The largest absolute Gasteiger partial charge is 0.314 e. The van der Waals surface area contributed by atoms with Crippen LogP contribution in [0.15, 0.2) is 22.7 Å². The number of hydrogen-bond donors (Lipinski definition) is 1. The zero-order valence-electron chi connectivity index (χ0n) is 11.8. The predicted molar refractivity (Wildman–Crippen MR) is 81.8 cm³/mol. The summed E-state index contributed by atoms with van der Waals surface area (Å²) in [6.07, 6.45) is 4.96. The Labute approximate surface area is 124 Å². The number of hydrogen-bond acceptors (Lipinski definition) is 1. The van der Waals surface area contributed by atoms with Gasteiger partial charge in [0.1, 0.15) is 5.82 Å². The first kappa shape index (κ1) is 15.0. The monoisotopic (exact) mass is 327 g/mol. The van der Waals surface area contributed by atoms with Crippen molar-refractivity contribution in [1.82, 2.24) is 5.32 Å². The Kier molecular flexibility index (Phi) is 5.40. The minimum Gasteiger partial charge on any atom is -0.314 e. The Morgan fingerprint density at radius 3 is 2.79 bits per heavy atom. The smallest absolute Gasteiger partial charge is 0.124 e. The summed E-state index contributed by atoms with van der Waals surface area (Å²) in [6, 6.07) is 5.54. The fourth-order valence-electron chi connectivity index (χ4n) is 3.21. The first-order valence-electron chi connectivity index (χ1n) is 7.27. The van der Waals surface area contributed by atoms with Crippen LogP contribution in [0.4, 0.5) is 4.39 Å². The molecule has 2 rings (SSSR count). The van der Waals surface area contributed by atoms with Crippen molar-refractivity contribution in [3.05, 3.63) is 34.1 Å². The van der Waals surface area contributed by atoms with E-state index in [1.807, 2.05) is 6.07 Å². The van der Waals surface area contributed by atoms with Crippen molar-refractivity contribution in [2.45, 2.75) is 45.6 Å². The zero-order chi connectivity index (χ0) is 13.8. The number of halogens is 2. The summed E-state index contributed by atoms with van der Waals surface area (Å²) in [4.78, 5) is 0. The van der Waals surface area contributed by atoms with Crippen LogP contribution in [0, 0.1) is 17.7 Å². The Morgan fingerprint density at radius 2 is 2.21 bits per heavy atom. The van der Waals surface area contributed by atoms with Crippen LogP contribution >= 0.6 is 15.9 Å². The highest BCUT2D eigenvalue weighted by Crippen LogP contribution is 2.34. The maximum absolute atomic E-state index is 13.1. The molecule has 1 nitrogen and oxygen atoms in total. The van der Waals surface area contributed by atoms with Crippen molar-refractivity contribution >= 4 is 15.9 Å². The molecule has 1 fully saturated rings. The molecule has 1 saturated carbocycles. The van der Waals surface area contributed by atoms with Crippen LogP contribution in [0.2, 0.25) is 0 Å². The van der Waals surface area contributed by atoms with Gasteiger partial charge in [0.05, 0.1) is 0 Å². The van der Waals surface area contributed by atoms with E-state index in [0.717, 1.165) is 29.3 Å². The molecule has 0 radical (unpaired) electrons. The van der Waals surface area contributed by atoms with Crippen molar-refractivity contribution < 1.29 is 4.39 Å². The summed E-state index contributed by atoms with van der Waals surface area (Å²) in [7, 11) is 0. The summed E-state index contributed by atoms with van der Waals surface area (Å²) >= 11 is 3.48. The second-order valence-corrected chi connectivity index (χ2v) is 6.64. The lowest BCUT2D eigenvalue weighted by atomic mass is 9.91. The summed E-state index contributed by atoms with van der Waals surface area (Å²) in [6.45, 7) is 5.50. The number of rotatable bonds is 5. The van der Waals surface area contributed by atoms with Crippen molar-refractivity contribution in [3.63, 3.8) is 0 Å². The van der Waals surface area contributed by atoms with Crippen molar-refractivity contribution in [2.75, 3.05) is 6.54 Å². The summed E-state index contributed by atoms with van der Waals surface area (Å²) < 4.78 is 14.0. The molecule has 0 aromatic heterocycles. The average Bonchev–Trinajstić information content (AvgIpc) is 2.78. The van der Waals surface area contributed by atoms with Gasteiger partial charge in [-0.15, -0.1) is 0 Å². The van der Waals surface area contributed by atoms with Gasteiger partial charge in [0.15, 0.2) is 0 Å². The highest BCUT2D eigenvalue weighted by Gasteiger charge is 2.28. The van der Waals surface area contributed by atoms with E-state index < -0.39 is 0 Å². The van der Waals surface area contributed by atoms with Gasteiger partial charge in [-0.25, -0.2) is 4.39 Å². The molecule has 3 unspecified atom stereocenters. The van der Waals surface area contributed by atoms with Gasteiger partial charge >= 0.3 is 0 Å². The van der Waals surface area contributed by atoms with Gasteiger partial charge in [0.2, 0.25) is 0 Å². The number of nitrogens with one attached hydrogen (secondary N) is 1. The lowest BCUT2D eigenvalue weighted by Crippen LogP contribution is -2.37. The van der Waals surface area contributed by atoms with E-state index in [0.29, 0.717) is 6.04 Å². The van der Waals surface area contributed by atoms with Gasteiger partial charge in [-0.2, -0.15) is 0 Å². The normalized spacial score (nSPS) is 24.6. The molecule has 3 heteroatoms. The molecule has 0 bridgehead atoms. The topological polar surface area (TPSA) is 12.0 Å². The Hall–Kier alpha value is -0.410. The molecule has 1 aliphatic carbocycles. The predicted octanol–water partition coefficient (Wildman–Crippen LogP) is 4.55. The van der Waals surface area contributed by atoms with Crippen LogP contribution in [0.3, 0.4) is 0 Å². The lowest BCUT2D eigenvalue weighted by Gasteiger charge is -2.25. The SMILES string of the molecule is CCNC(Cc1ccc(F)cc1Br)C1CCC(C)C1. The molecule has 0 spiro atoms. The van der Waals surface area contributed by atoms with Gasteiger partial charge in [-0.05, 0) is 55.3 Å². The van der Waals surface area contributed by atoms with Crippen molar-refractivity contribution in [3.8, 4) is 0 Å². The van der Waals surface area contributed by atoms with Crippen LogP contribution < -0.4 is 5.32 Å². The molecule has 3 atom stereocenters. The van der Waals surface area contributed by atoms with Gasteiger partial charge in [0, 0.05) is 10.5 Å². The molecule has 1 aromatic carbocycles. The molecule has 19 heavy (non-hydrogen) atoms. The van der Waals surface area contributed by atoms with Crippen molar-refractivity contribution in [1.29, 1.82) is 0 Å². The Morgan fingerprint density at radius 1 is 1.42 bits per heavy atom. The number of likely N-dealkylation sites (N-methyl/N-ethyl adjacent to an activating group) is 1. The second kappa shape index (κ2) is 6.85. The van der Waals surface area contributed by atoms with Crippen LogP contribution in [-0.4, -0.2) is 12.6 Å². The summed E-state index contributed by atoms with van der Waals surface area (Å²) in [5.41, 5.74) is 1.20. The molecule has 1 N–H and O–H groups in total. The van der Waals surface area contributed by atoms with Crippen LogP contribution in [0.1, 0.15) is 38.7 Å². The van der Waals surface area contributed by atoms with E-state index in [1.165, 1.54) is 24.8 Å². The summed E-state index contributed by atoms with van der Waals surface area (Å²) in [5, 5.41) is 3.62. The summed E-state index contributed by atoms with van der Waals surface area (Å²) in [5.74, 6) is 1.43. The van der Waals surface area contributed by atoms with Gasteiger partial charge in [0.25, 0.3) is 0 Å². The third-order valence-corrected chi connectivity index (χ3v) is 4.96. The van der Waals surface area contributed by atoms with E-state index in [-0.39, 0.29) is 5.82 Å². The Balaban J connectivity index is 2.07. The minimum absolute atomic E-state index is 0.176. The van der Waals surface area contributed by atoms with E-state index in [9.17, 15) is 4.39 Å². The standard InChI is InChI=1S/C16H23BrFN/c1-3-19-16(13-5-4-11(2)8-13)9-12-6-7-14(18)10-15(12)17/h6-7,10-11,13,16,19H,3-5,8-9H2,1-2H3. The molecule has 1 aromatic rings. The highest BCUT2D eigenvalue weighted by atomic mass is 79.9. The van der Waals surface area contributed by atoms with E-state index in [1.54, 1.807) is 12.1 Å². The third kappa shape index (κ3) is 4.03. The van der Waals surface area contributed by atoms with E-state index in [2.05, 4.69) is 35.1 Å². The molecule has 0 heterocycles. The molecule has 0 amide bonds. The highest BCUT2D eigenvalue weighted by molar-refractivity contribution is 9.10. The first-order valence-corrected chi connectivity index (χ1v) is 8.06. The average molecular weight is 328 g/mol. The van der Waals surface area contributed by atoms with Crippen molar-refractivity contribution in [2.24, 2.45) is 11.8 Å². The minimum atomic E-state index is -0.176. The second-order valence-electron chi connectivity index (χ2n) is 5.78. The number of benzene rings is 1. The van der Waals surface area contributed by atoms with Gasteiger partial charge in [-0.3, -0.25) is 0 Å². The quantitative estimate of drug-likeness (QED) is 0.836. The lowest BCUT2D eigenvalue weighted by molar-refractivity contribution is 0.353. The van der Waals surface area contributed by atoms with Crippen LogP contribution in [0.25, 0.3) is 0 Å². The maximum Gasteiger partial charge on any atom is 0.124 e. The molecular weight excluding hydrogens is 305 g/mol. The molecule has 1 aliphatic rings.